The molecular weight excluding hydrogens is 282 g/mol. The number of aromatic amines is 1. The molecule has 0 saturated carbocycles. The van der Waals surface area contributed by atoms with Crippen LogP contribution in [0.1, 0.15) is 11.5 Å². The number of fused-ring (bicyclic) bond motifs is 1. The van der Waals surface area contributed by atoms with Crippen molar-refractivity contribution >= 4 is 23.1 Å². The molecule has 0 spiro atoms. The third-order valence-corrected chi connectivity index (χ3v) is 3.42. The van der Waals surface area contributed by atoms with E-state index in [0.717, 1.165) is 33.7 Å². The number of aromatic nitrogens is 3. The molecule has 0 aliphatic rings. The monoisotopic (exact) mass is 297 g/mol. The van der Waals surface area contributed by atoms with Crippen LogP contribution in [0.2, 0.25) is 0 Å². The summed E-state index contributed by atoms with van der Waals surface area (Å²) in [6.07, 6.45) is 0. The lowest BCUT2D eigenvalue weighted by atomic mass is 10.1. The second kappa shape index (κ2) is 5.71. The Morgan fingerprint density at radius 2 is 2.00 bits per heavy atom. The summed E-state index contributed by atoms with van der Waals surface area (Å²) < 4.78 is 5.66. The number of methoxy groups -OCH3 is 1. The predicted molar refractivity (Wildman–Crippen MR) is 85.6 cm³/mol. The van der Waals surface area contributed by atoms with Gasteiger partial charge in [0.2, 0.25) is 0 Å². The summed E-state index contributed by atoms with van der Waals surface area (Å²) in [5.41, 5.74) is 3.99. The lowest BCUT2D eigenvalue weighted by Gasteiger charge is -2.07. The molecule has 3 rings (SSSR count). The Morgan fingerprint density at radius 1 is 1.14 bits per heavy atom. The number of rotatable bonds is 3. The average Bonchev–Trinajstić information content (AvgIpc) is 2.46. The zero-order valence-electron chi connectivity index (χ0n) is 11.9. The number of pyridine rings is 1. The lowest BCUT2D eigenvalue weighted by molar-refractivity contribution is 0.177. The van der Waals surface area contributed by atoms with E-state index in [0.29, 0.717) is 11.2 Å². The van der Waals surface area contributed by atoms with Crippen molar-refractivity contribution in [3.63, 3.8) is 0 Å². The quantitative estimate of drug-likeness (QED) is 0.747. The van der Waals surface area contributed by atoms with Gasteiger partial charge in [-0.05, 0) is 36.8 Å². The van der Waals surface area contributed by atoms with Crippen molar-refractivity contribution < 1.29 is 4.74 Å². The smallest absolute Gasteiger partial charge is 0.134 e. The van der Waals surface area contributed by atoms with Crippen molar-refractivity contribution in [2.24, 2.45) is 0 Å². The minimum atomic E-state index is 0.409. The van der Waals surface area contributed by atoms with Gasteiger partial charge < -0.3 is 9.72 Å². The van der Waals surface area contributed by atoms with Crippen molar-refractivity contribution in [2.75, 3.05) is 7.11 Å². The molecule has 0 unspecified atom stereocenters. The van der Waals surface area contributed by atoms with Gasteiger partial charge in [-0.25, -0.2) is 4.98 Å². The van der Waals surface area contributed by atoms with E-state index >= 15 is 0 Å². The highest BCUT2D eigenvalue weighted by Gasteiger charge is 2.04. The molecule has 0 atom stereocenters. The van der Waals surface area contributed by atoms with E-state index in [1.54, 1.807) is 7.11 Å². The van der Waals surface area contributed by atoms with Gasteiger partial charge in [0.05, 0.1) is 5.52 Å². The Kier molecular flexibility index (Phi) is 3.77. The number of H-pyrrole nitrogens is 1. The molecule has 4 nitrogen and oxygen atoms in total. The summed E-state index contributed by atoms with van der Waals surface area (Å²) in [7, 11) is 1.63. The molecule has 3 aromatic rings. The number of nitrogens with one attached hydrogen (secondary N) is 1. The maximum Gasteiger partial charge on any atom is 0.134 e. The van der Waals surface area contributed by atoms with Gasteiger partial charge in [0.15, 0.2) is 0 Å². The van der Waals surface area contributed by atoms with Gasteiger partial charge in [-0.15, -0.1) is 0 Å². The van der Waals surface area contributed by atoms with Gasteiger partial charge >= 0.3 is 0 Å². The normalized spacial score (nSPS) is 11.0. The second-order valence-electron chi connectivity index (χ2n) is 4.87. The second-order valence-corrected chi connectivity index (χ2v) is 5.29. The van der Waals surface area contributed by atoms with Gasteiger partial charge in [0, 0.05) is 23.9 Å². The number of hydrogen-bond acceptors (Lipinski definition) is 4. The van der Waals surface area contributed by atoms with Gasteiger partial charge in [-0.1, -0.05) is 24.4 Å². The van der Waals surface area contributed by atoms with Crippen molar-refractivity contribution in [3.8, 4) is 11.3 Å². The van der Waals surface area contributed by atoms with Crippen LogP contribution in [-0.4, -0.2) is 22.1 Å². The zero-order valence-corrected chi connectivity index (χ0v) is 12.7. The summed E-state index contributed by atoms with van der Waals surface area (Å²) in [6.45, 7) is 2.40. The van der Waals surface area contributed by atoms with Crippen LogP contribution in [0.25, 0.3) is 22.2 Å². The van der Waals surface area contributed by atoms with Crippen LogP contribution in [0.4, 0.5) is 0 Å². The van der Waals surface area contributed by atoms with E-state index in [9.17, 15) is 0 Å². The van der Waals surface area contributed by atoms with E-state index < -0.39 is 0 Å². The van der Waals surface area contributed by atoms with Crippen molar-refractivity contribution in [2.45, 2.75) is 13.5 Å². The first-order valence-electron chi connectivity index (χ1n) is 6.63. The SMILES string of the molecule is COCc1nc(=S)cc(-c2ccc3nc(C)ccc3c2)[nH]1. The van der Waals surface area contributed by atoms with Crippen LogP contribution in [0.5, 0.6) is 0 Å². The van der Waals surface area contributed by atoms with Crippen molar-refractivity contribution in [1.29, 1.82) is 0 Å². The van der Waals surface area contributed by atoms with Crippen LogP contribution < -0.4 is 0 Å². The average molecular weight is 297 g/mol. The molecule has 0 radical (unpaired) electrons. The Bertz CT molecular complexity index is 858. The van der Waals surface area contributed by atoms with E-state index in [4.69, 9.17) is 17.0 Å². The highest BCUT2D eigenvalue weighted by atomic mass is 32.1. The fraction of sp³-hybridized carbons (Fsp3) is 0.188. The largest absolute Gasteiger partial charge is 0.377 e. The van der Waals surface area contributed by atoms with Crippen LogP contribution in [0.3, 0.4) is 0 Å². The first-order chi connectivity index (χ1) is 10.2. The molecule has 2 aromatic heterocycles. The number of benzene rings is 1. The number of hydrogen-bond donors (Lipinski definition) is 1. The first kappa shape index (κ1) is 13.9. The van der Waals surface area contributed by atoms with Crippen molar-refractivity contribution in [3.05, 3.63) is 52.6 Å². The minimum Gasteiger partial charge on any atom is -0.377 e. The van der Waals surface area contributed by atoms with Crippen LogP contribution in [-0.2, 0) is 11.3 Å². The minimum absolute atomic E-state index is 0.409. The maximum absolute atomic E-state index is 5.22. The molecule has 106 valence electrons. The fourth-order valence-corrected chi connectivity index (χ4v) is 2.49. The molecule has 0 aliphatic heterocycles. The number of aryl methyl sites for hydroxylation is 1. The number of nitrogens with zero attached hydrogens (tertiary/aromatic N) is 2. The Balaban J connectivity index is 2.11. The Labute approximate surface area is 127 Å². The van der Waals surface area contributed by atoms with Crippen LogP contribution in [0, 0.1) is 11.6 Å². The standard InChI is InChI=1S/C16H15N3OS/c1-10-3-4-11-7-12(5-6-13(11)17-10)14-8-16(21)19-15(18-14)9-20-2/h3-8H,9H2,1-2H3,(H,18,19,21). The maximum atomic E-state index is 5.22. The summed E-state index contributed by atoms with van der Waals surface area (Å²) in [5.74, 6) is 0.724. The molecule has 5 heteroatoms. The predicted octanol–water partition coefficient (Wildman–Crippen LogP) is 3.81. The summed E-state index contributed by atoms with van der Waals surface area (Å²) in [6, 6.07) is 12.1. The molecule has 1 N–H and O–H groups in total. The van der Waals surface area contributed by atoms with E-state index in [2.05, 4.69) is 27.1 Å². The number of ether oxygens (including phenoxy) is 1. The van der Waals surface area contributed by atoms with Gasteiger partial charge in [-0.2, -0.15) is 0 Å². The third kappa shape index (κ3) is 2.99. The molecule has 0 aliphatic carbocycles. The highest BCUT2D eigenvalue weighted by molar-refractivity contribution is 7.71. The molecule has 0 bridgehead atoms. The Hall–Kier alpha value is -2.11. The fourth-order valence-electron chi connectivity index (χ4n) is 2.26. The summed E-state index contributed by atoms with van der Waals surface area (Å²) >= 11 is 5.22. The van der Waals surface area contributed by atoms with E-state index in [1.165, 1.54) is 0 Å². The third-order valence-electron chi connectivity index (χ3n) is 3.21. The van der Waals surface area contributed by atoms with Gasteiger partial charge in [0.1, 0.15) is 17.1 Å². The summed E-state index contributed by atoms with van der Waals surface area (Å²) in [4.78, 5) is 12.0. The summed E-state index contributed by atoms with van der Waals surface area (Å²) in [5, 5.41) is 1.10. The van der Waals surface area contributed by atoms with E-state index in [-0.39, 0.29) is 0 Å². The zero-order chi connectivity index (χ0) is 14.8. The molecule has 21 heavy (non-hydrogen) atoms. The van der Waals surface area contributed by atoms with Crippen molar-refractivity contribution in [1.82, 2.24) is 15.0 Å². The van der Waals surface area contributed by atoms with Gasteiger partial charge in [0.25, 0.3) is 0 Å². The molecule has 0 saturated heterocycles. The molecular formula is C16H15N3OS. The molecule has 2 heterocycles. The van der Waals surface area contributed by atoms with Gasteiger partial charge in [-0.3, -0.25) is 4.98 Å². The molecule has 1 aromatic carbocycles. The first-order valence-corrected chi connectivity index (χ1v) is 7.03. The van der Waals surface area contributed by atoms with Crippen LogP contribution >= 0.6 is 12.2 Å². The van der Waals surface area contributed by atoms with Crippen LogP contribution in [0.15, 0.2) is 36.4 Å². The molecule has 0 amide bonds. The lowest BCUT2D eigenvalue weighted by Crippen LogP contribution is -1.98. The topological polar surface area (TPSA) is 50.8 Å². The highest BCUT2D eigenvalue weighted by Crippen LogP contribution is 2.22. The van der Waals surface area contributed by atoms with E-state index in [1.807, 2.05) is 31.2 Å². The molecule has 0 fully saturated rings. The Morgan fingerprint density at radius 3 is 2.81 bits per heavy atom.